The molecule has 9 nitrogen and oxygen atoms in total. The van der Waals surface area contributed by atoms with Crippen molar-refractivity contribution in [2.24, 2.45) is 0 Å². The molecule has 10 heteroatoms. The average molecular weight is 597 g/mol. The van der Waals surface area contributed by atoms with Crippen molar-refractivity contribution in [2.45, 2.75) is 44.8 Å². The molecule has 1 aliphatic heterocycles. The molecular weight excluding hydrogens is 552 g/mol. The highest BCUT2D eigenvalue weighted by Gasteiger charge is 2.28. The van der Waals surface area contributed by atoms with Gasteiger partial charge in [-0.3, -0.25) is 18.2 Å². The van der Waals surface area contributed by atoms with Gasteiger partial charge in [0.15, 0.2) is 0 Å². The maximum atomic E-state index is 13.7. The Balaban J connectivity index is 1.48. The Morgan fingerprint density at radius 3 is 2.55 bits per heavy atom. The van der Waals surface area contributed by atoms with Gasteiger partial charge in [0.25, 0.3) is 5.91 Å². The van der Waals surface area contributed by atoms with Gasteiger partial charge in [-0.15, -0.1) is 10.8 Å². The van der Waals surface area contributed by atoms with Crippen LogP contribution in [0.15, 0.2) is 72.8 Å². The zero-order valence-corrected chi connectivity index (χ0v) is 25.3. The number of anilines is 2. The van der Waals surface area contributed by atoms with Crippen LogP contribution >= 0.6 is 10.8 Å². The molecule has 4 rings (SSSR count). The van der Waals surface area contributed by atoms with E-state index in [2.05, 4.69) is 16.0 Å². The van der Waals surface area contributed by atoms with E-state index in [0.717, 1.165) is 41.8 Å². The molecule has 1 aliphatic rings. The molecule has 0 aromatic heterocycles. The molecule has 1 saturated heterocycles. The summed E-state index contributed by atoms with van der Waals surface area (Å²) in [6, 6.07) is 22.4. The molecular formula is C32H44N4O5S. The highest BCUT2D eigenvalue weighted by Crippen LogP contribution is 2.50. The van der Waals surface area contributed by atoms with Crippen molar-refractivity contribution in [2.75, 3.05) is 48.7 Å². The molecule has 0 bridgehead atoms. The molecule has 228 valence electrons. The van der Waals surface area contributed by atoms with E-state index in [1.54, 1.807) is 23.5 Å². The molecule has 0 radical (unpaired) electrons. The third kappa shape index (κ3) is 8.86. The molecule has 0 spiro atoms. The Hall–Kier alpha value is -3.28. The number of aliphatic hydroxyl groups is 1. The Bertz CT molecular complexity index is 1290. The number of nitrogens with one attached hydrogen (secondary N) is 3. The van der Waals surface area contributed by atoms with E-state index in [9.17, 15) is 19.0 Å². The van der Waals surface area contributed by atoms with Gasteiger partial charge in [-0.25, -0.2) is 0 Å². The summed E-state index contributed by atoms with van der Waals surface area (Å²) < 4.78 is 28.4. The quantitative estimate of drug-likeness (QED) is 0.145. The summed E-state index contributed by atoms with van der Waals surface area (Å²) >= 11 is 0. The van der Waals surface area contributed by atoms with Crippen LogP contribution in [0, 0.1) is 0 Å². The van der Waals surface area contributed by atoms with Crippen LogP contribution in [0.1, 0.15) is 41.3 Å². The minimum Gasteiger partial charge on any atom is -0.497 e. The van der Waals surface area contributed by atoms with E-state index < -0.39 is 22.9 Å². The Morgan fingerprint density at radius 2 is 1.81 bits per heavy atom. The van der Waals surface area contributed by atoms with Crippen LogP contribution in [0.5, 0.6) is 5.75 Å². The Morgan fingerprint density at radius 1 is 1.02 bits per heavy atom. The van der Waals surface area contributed by atoms with Crippen LogP contribution in [0.4, 0.5) is 11.4 Å². The van der Waals surface area contributed by atoms with Crippen molar-refractivity contribution < 1.29 is 23.7 Å². The van der Waals surface area contributed by atoms with E-state index >= 15 is 0 Å². The lowest BCUT2D eigenvalue weighted by Gasteiger charge is -2.47. The van der Waals surface area contributed by atoms with Crippen LogP contribution in [0.3, 0.4) is 0 Å². The van der Waals surface area contributed by atoms with Gasteiger partial charge in [0, 0.05) is 30.9 Å². The third-order valence-electron chi connectivity index (χ3n) is 7.39. The molecule has 0 unspecified atom stereocenters. The summed E-state index contributed by atoms with van der Waals surface area (Å²) in [4.78, 5) is 13.7. The van der Waals surface area contributed by atoms with Crippen LogP contribution in [0.25, 0.3) is 0 Å². The van der Waals surface area contributed by atoms with Crippen molar-refractivity contribution in [1.82, 2.24) is 10.6 Å². The van der Waals surface area contributed by atoms with Crippen LogP contribution in [0.2, 0.25) is 0 Å². The number of amides is 1. The lowest BCUT2D eigenvalue weighted by atomic mass is 10.00. The van der Waals surface area contributed by atoms with Crippen molar-refractivity contribution >= 4 is 28.1 Å². The lowest BCUT2D eigenvalue weighted by molar-refractivity contribution is 0.0831. The van der Waals surface area contributed by atoms with Crippen LogP contribution in [-0.2, 0) is 12.8 Å². The molecule has 3 aromatic rings. The van der Waals surface area contributed by atoms with E-state index in [-0.39, 0.29) is 5.91 Å². The summed E-state index contributed by atoms with van der Waals surface area (Å²) in [6.07, 6.45) is 1.99. The number of rotatable bonds is 14. The number of methoxy groups -OCH3 is 1. The number of carbonyl (C=O) groups is 1. The van der Waals surface area contributed by atoms with E-state index in [1.807, 2.05) is 67.6 Å². The molecule has 3 aromatic carbocycles. The lowest BCUT2D eigenvalue weighted by Crippen LogP contribution is -2.49. The minimum atomic E-state index is -2.95. The van der Waals surface area contributed by atoms with Gasteiger partial charge in [-0.2, -0.15) is 0 Å². The fourth-order valence-electron chi connectivity index (χ4n) is 5.15. The van der Waals surface area contributed by atoms with Gasteiger partial charge >= 0.3 is 0 Å². The summed E-state index contributed by atoms with van der Waals surface area (Å²) in [5, 5.41) is 20.9. The number of nitrogens with zero attached hydrogens (tertiary/aromatic N) is 1. The number of ether oxygens (including phenoxy) is 1. The average Bonchev–Trinajstić information content (AvgIpc) is 2.99. The Kier molecular flexibility index (Phi) is 11.5. The fraction of sp³-hybridized carbons (Fsp3) is 0.406. The molecule has 0 saturated carbocycles. The fourth-order valence-corrected chi connectivity index (χ4v) is 6.83. The first-order valence-corrected chi connectivity index (χ1v) is 16.3. The SMILES string of the molecule is CCNc1cc(C(=O)N[C@@H](Cc2ccccc2)[C@@H](O)CNCCc2cccc(OC)c2)cc(N2CCCCS2(O)O)c1. The van der Waals surface area contributed by atoms with E-state index in [0.29, 0.717) is 49.6 Å². The molecule has 1 heterocycles. The molecule has 2 atom stereocenters. The molecule has 0 aliphatic carbocycles. The molecule has 6 N–H and O–H groups in total. The van der Waals surface area contributed by atoms with Gasteiger partial charge in [0.2, 0.25) is 0 Å². The van der Waals surface area contributed by atoms with Crippen LogP contribution in [-0.4, -0.2) is 71.3 Å². The number of hydrogen-bond donors (Lipinski definition) is 6. The maximum absolute atomic E-state index is 13.7. The van der Waals surface area contributed by atoms with Crippen molar-refractivity contribution in [3.63, 3.8) is 0 Å². The monoisotopic (exact) mass is 596 g/mol. The minimum absolute atomic E-state index is 0.305. The van der Waals surface area contributed by atoms with Gasteiger partial charge in [-0.05, 0) is 80.6 Å². The summed E-state index contributed by atoms with van der Waals surface area (Å²) in [5.41, 5.74) is 3.84. The molecule has 42 heavy (non-hydrogen) atoms. The predicted molar refractivity (Wildman–Crippen MR) is 172 cm³/mol. The van der Waals surface area contributed by atoms with Gasteiger partial charge in [0.1, 0.15) is 5.75 Å². The van der Waals surface area contributed by atoms with Gasteiger partial charge in [0.05, 0.1) is 30.7 Å². The smallest absolute Gasteiger partial charge is 0.251 e. The standard InChI is InChI=1S/C32H44N4O5S/c1-3-34-27-20-26(21-28(22-27)36-16-7-8-17-42(36,39)40)32(38)35-30(19-24-10-5-4-6-11-24)31(37)23-33-15-14-25-12-9-13-29(18-25)41-2/h4-6,9-13,18,20-22,30-31,33-34,37,39-40H,3,7-8,14-17,19,23H2,1-2H3,(H,35,38)/t30-,31-/m0/s1. The molecule has 1 amide bonds. The first kappa shape index (κ1) is 31.7. The molecule has 1 fully saturated rings. The second kappa shape index (κ2) is 15.3. The topological polar surface area (TPSA) is 126 Å². The van der Waals surface area contributed by atoms with Gasteiger partial charge < -0.3 is 25.8 Å². The van der Waals surface area contributed by atoms with Crippen molar-refractivity contribution in [3.05, 3.63) is 89.5 Å². The number of benzene rings is 3. The summed E-state index contributed by atoms with van der Waals surface area (Å²) in [7, 11) is -1.30. The highest BCUT2D eigenvalue weighted by molar-refractivity contribution is 8.25. The first-order valence-electron chi connectivity index (χ1n) is 14.6. The summed E-state index contributed by atoms with van der Waals surface area (Å²) in [6.45, 7) is 4.09. The highest BCUT2D eigenvalue weighted by atomic mass is 32.3. The van der Waals surface area contributed by atoms with E-state index in [4.69, 9.17) is 4.74 Å². The Labute approximate surface area is 250 Å². The second-order valence-corrected chi connectivity index (χ2v) is 12.7. The first-order chi connectivity index (χ1) is 20.3. The maximum Gasteiger partial charge on any atom is 0.251 e. The van der Waals surface area contributed by atoms with E-state index in [1.165, 1.54) is 0 Å². The normalized spacial score (nSPS) is 16.7. The zero-order chi connectivity index (χ0) is 30.0. The van der Waals surface area contributed by atoms with Crippen molar-refractivity contribution in [3.8, 4) is 5.75 Å². The van der Waals surface area contributed by atoms with Crippen molar-refractivity contribution in [1.29, 1.82) is 0 Å². The predicted octanol–water partition coefficient (Wildman–Crippen LogP) is 4.93. The number of hydrogen-bond acceptors (Lipinski definition) is 8. The number of carbonyl (C=O) groups excluding carboxylic acids is 1. The van der Waals surface area contributed by atoms with Crippen LogP contribution < -0.4 is 25.0 Å². The van der Waals surface area contributed by atoms with Gasteiger partial charge in [-0.1, -0.05) is 42.5 Å². The third-order valence-corrected chi connectivity index (χ3v) is 9.32. The largest absolute Gasteiger partial charge is 0.497 e. The zero-order valence-electron chi connectivity index (χ0n) is 24.5. The summed E-state index contributed by atoms with van der Waals surface area (Å²) in [5.74, 6) is 0.793. The number of aliphatic hydroxyl groups excluding tert-OH is 1. The second-order valence-electron chi connectivity index (χ2n) is 10.6.